The summed E-state index contributed by atoms with van der Waals surface area (Å²) in [7, 11) is 0. The largest absolute Gasteiger partial charge is 0.357 e. The van der Waals surface area contributed by atoms with E-state index in [2.05, 4.69) is 82.1 Å². The molecule has 3 rings (SSSR count). The van der Waals surface area contributed by atoms with Crippen LogP contribution >= 0.6 is 24.0 Å². The van der Waals surface area contributed by atoms with E-state index in [4.69, 9.17) is 4.52 Å². The van der Waals surface area contributed by atoms with Crippen LogP contribution in [0.3, 0.4) is 0 Å². The number of hydrogen-bond acceptors (Lipinski definition) is 4. The van der Waals surface area contributed by atoms with E-state index in [9.17, 15) is 0 Å². The molecule has 1 unspecified atom stereocenters. The van der Waals surface area contributed by atoms with E-state index in [0.29, 0.717) is 18.9 Å². The normalized spacial score (nSPS) is 12.7. The van der Waals surface area contributed by atoms with Crippen molar-refractivity contribution in [3.63, 3.8) is 0 Å². The summed E-state index contributed by atoms with van der Waals surface area (Å²) in [5, 5.41) is 13.3. The van der Waals surface area contributed by atoms with Crippen LogP contribution in [0.5, 0.6) is 0 Å². The highest BCUT2D eigenvalue weighted by Crippen LogP contribution is 2.20. The van der Waals surface area contributed by atoms with Crippen LogP contribution in [0.2, 0.25) is 0 Å². The molecule has 29 heavy (non-hydrogen) atoms. The van der Waals surface area contributed by atoms with Gasteiger partial charge in [0.25, 0.3) is 0 Å². The molecule has 0 saturated carbocycles. The van der Waals surface area contributed by atoms with Gasteiger partial charge in [0.15, 0.2) is 11.8 Å². The third kappa shape index (κ3) is 6.42. The van der Waals surface area contributed by atoms with Crippen LogP contribution in [0.1, 0.15) is 56.9 Å². The number of nitrogens with zero attached hydrogens (tertiary/aromatic N) is 3. The highest BCUT2D eigenvalue weighted by molar-refractivity contribution is 14.0. The van der Waals surface area contributed by atoms with E-state index in [1.807, 2.05) is 13.8 Å². The molecule has 0 spiro atoms. The van der Waals surface area contributed by atoms with Crippen molar-refractivity contribution < 1.29 is 4.52 Å². The maximum Gasteiger partial charge on any atom is 0.228 e. The van der Waals surface area contributed by atoms with Gasteiger partial charge in [0, 0.05) is 18.9 Å². The maximum absolute atomic E-state index is 5.29. The van der Waals surface area contributed by atoms with Crippen molar-refractivity contribution in [1.29, 1.82) is 0 Å². The second-order valence-electron chi connectivity index (χ2n) is 7.18. The molecule has 7 heteroatoms. The average molecular weight is 507 g/mol. The number of hydrogen-bond donors (Lipinski definition) is 2. The molecule has 0 aliphatic heterocycles. The zero-order chi connectivity index (χ0) is 19.9. The van der Waals surface area contributed by atoms with Crippen molar-refractivity contribution in [1.82, 2.24) is 20.8 Å². The number of aliphatic imine (C=N–C) groups is 1. The molecule has 3 aromatic rings. The number of rotatable bonds is 7. The number of aromatic nitrogens is 2. The van der Waals surface area contributed by atoms with Crippen LogP contribution in [-0.4, -0.2) is 29.2 Å². The Morgan fingerprint density at radius 3 is 2.55 bits per heavy atom. The third-order valence-electron chi connectivity index (χ3n) is 4.57. The predicted molar refractivity (Wildman–Crippen MR) is 129 cm³/mol. The Balaban J connectivity index is 0.00000300. The van der Waals surface area contributed by atoms with Crippen molar-refractivity contribution in [3.8, 4) is 0 Å². The number of nitrogens with one attached hydrogen (secondary N) is 2. The van der Waals surface area contributed by atoms with Crippen LogP contribution in [-0.2, 0) is 6.42 Å². The zero-order valence-electron chi connectivity index (χ0n) is 17.5. The van der Waals surface area contributed by atoms with Gasteiger partial charge in [-0.15, -0.1) is 24.0 Å². The Bertz CT molecular complexity index is 938. The minimum atomic E-state index is 0. The van der Waals surface area contributed by atoms with Gasteiger partial charge >= 0.3 is 0 Å². The number of fused-ring (bicyclic) bond motifs is 1. The summed E-state index contributed by atoms with van der Waals surface area (Å²) in [6.07, 6.45) is 0.626. The van der Waals surface area contributed by atoms with E-state index in [0.717, 1.165) is 18.3 Å². The highest BCUT2D eigenvalue weighted by atomic mass is 127. The zero-order valence-corrected chi connectivity index (χ0v) is 19.8. The lowest BCUT2D eigenvalue weighted by molar-refractivity contribution is 0.372. The van der Waals surface area contributed by atoms with Crippen molar-refractivity contribution in [2.24, 2.45) is 4.99 Å². The fourth-order valence-corrected chi connectivity index (χ4v) is 2.95. The van der Waals surface area contributed by atoms with E-state index in [1.54, 1.807) is 0 Å². The highest BCUT2D eigenvalue weighted by Gasteiger charge is 2.11. The molecule has 0 saturated heterocycles. The molecule has 0 aliphatic carbocycles. The summed E-state index contributed by atoms with van der Waals surface area (Å²) < 4.78 is 5.29. The molecule has 2 N–H and O–H groups in total. The molecule has 6 nitrogen and oxygen atoms in total. The van der Waals surface area contributed by atoms with Gasteiger partial charge in [-0.1, -0.05) is 55.4 Å². The lowest BCUT2D eigenvalue weighted by Gasteiger charge is -2.18. The first kappa shape index (κ1) is 23.1. The second kappa shape index (κ2) is 11.1. The van der Waals surface area contributed by atoms with E-state index < -0.39 is 0 Å². The molecule has 1 aromatic heterocycles. The van der Waals surface area contributed by atoms with Gasteiger partial charge in [-0.3, -0.25) is 4.99 Å². The first-order valence-corrected chi connectivity index (χ1v) is 9.93. The summed E-state index contributed by atoms with van der Waals surface area (Å²) in [6.45, 7) is 9.69. The van der Waals surface area contributed by atoms with E-state index in [-0.39, 0.29) is 35.9 Å². The first-order valence-electron chi connectivity index (χ1n) is 9.93. The van der Waals surface area contributed by atoms with Gasteiger partial charge in [-0.2, -0.15) is 4.98 Å². The minimum absolute atomic E-state index is 0. The van der Waals surface area contributed by atoms with Gasteiger partial charge in [-0.25, -0.2) is 0 Å². The van der Waals surface area contributed by atoms with Gasteiger partial charge in [0.1, 0.15) is 0 Å². The Morgan fingerprint density at radius 1 is 1.10 bits per heavy atom. The van der Waals surface area contributed by atoms with Crippen molar-refractivity contribution >= 4 is 40.7 Å². The van der Waals surface area contributed by atoms with Gasteiger partial charge < -0.3 is 15.2 Å². The average Bonchev–Trinajstić information content (AvgIpc) is 3.17. The van der Waals surface area contributed by atoms with Crippen molar-refractivity contribution in [3.05, 3.63) is 59.7 Å². The molecule has 156 valence electrons. The third-order valence-corrected chi connectivity index (χ3v) is 4.57. The predicted octanol–water partition coefficient (Wildman–Crippen LogP) is 4.82. The van der Waals surface area contributed by atoms with Gasteiger partial charge in [0.05, 0.1) is 12.6 Å². The Kier molecular flexibility index (Phi) is 8.88. The topological polar surface area (TPSA) is 75.3 Å². The maximum atomic E-state index is 5.29. The van der Waals surface area contributed by atoms with E-state index in [1.165, 1.54) is 16.3 Å². The van der Waals surface area contributed by atoms with Crippen LogP contribution in [0.15, 0.2) is 52.0 Å². The fourth-order valence-electron chi connectivity index (χ4n) is 2.95. The molecule has 0 fully saturated rings. The minimum Gasteiger partial charge on any atom is -0.357 e. The van der Waals surface area contributed by atoms with Crippen LogP contribution in [0.4, 0.5) is 0 Å². The fraction of sp³-hybridized carbons (Fsp3) is 0.409. The summed E-state index contributed by atoms with van der Waals surface area (Å²) in [4.78, 5) is 9.06. The van der Waals surface area contributed by atoms with Crippen molar-refractivity contribution in [2.75, 3.05) is 13.1 Å². The lowest BCUT2D eigenvalue weighted by Crippen LogP contribution is -2.38. The monoisotopic (exact) mass is 507 g/mol. The van der Waals surface area contributed by atoms with Gasteiger partial charge in [-0.05, 0) is 36.2 Å². The quantitative estimate of drug-likeness (QED) is 0.273. The Labute approximate surface area is 189 Å². The SMILES string of the molecule is CCNC(=NCCc1nc(C(C)C)no1)NC(C)c1ccc2ccccc2c1.I. The smallest absolute Gasteiger partial charge is 0.228 e. The summed E-state index contributed by atoms with van der Waals surface area (Å²) >= 11 is 0. The molecule has 0 radical (unpaired) electrons. The first-order chi connectivity index (χ1) is 13.6. The van der Waals surface area contributed by atoms with Crippen molar-refractivity contribution in [2.45, 2.75) is 46.1 Å². The second-order valence-corrected chi connectivity index (χ2v) is 7.18. The molecule has 1 atom stereocenters. The molecule has 0 aliphatic rings. The van der Waals surface area contributed by atoms with Crippen LogP contribution < -0.4 is 10.6 Å². The lowest BCUT2D eigenvalue weighted by atomic mass is 10.0. The summed E-state index contributed by atoms with van der Waals surface area (Å²) in [5.41, 5.74) is 1.22. The molecule has 0 amide bonds. The Morgan fingerprint density at radius 2 is 1.86 bits per heavy atom. The molecular formula is C22H30IN5O. The summed E-state index contributed by atoms with van der Waals surface area (Å²) in [5.74, 6) is 2.43. The molecular weight excluding hydrogens is 477 g/mol. The van der Waals surface area contributed by atoms with Crippen LogP contribution in [0.25, 0.3) is 10.8 Å². The number of guanidine groups is 1. The number of halogens is 1. The molecule has 0 bridgehead atoms. The van der Waals surface area contributed by atoms with E-state index >= 15 is 0 Å². The van der Waals surface area contributed by atoms with Crippen LogP contribution in [0, 0.1) is 0 Å². The standard InChI is InChI=1S/C22H29N5O.HI/c1-5-23-22(24-13-12-20-26-21(15(2)3)27-28-20)25-16(4)18-11-10-17-8-6-7-9-19(17)14-18;/h6-11,14-16H,5,12-13H2,1-4H3,(H2,23,24,25);1H. The summed E-state index contributed by atoms with van der Waals surface area (Å²) in [6, 6.07) is 15.1. The van der Waals surface area contributed by atoms with Gasteiger partial charge in [0.2, 0.25) is 5.89 Å². The molecule has 1 heterocycles. The Hall–Kier alpha value is -2.16. The number of benzene rings is 2. The molecule has 2 aromatic carbocycles.